The van der Waals surface area contributed by atoms with Crippen molar-refractivity contribution in [3.05, 3.63) is 51.2 Å². The van der Waals surface area contributed by atoms with Crippen LogP contribution >= 0.6 is 11.3 Å². The number of carbonyl (C=O) groups excluding carboxylic acids is 1. The van der Waals surface area contributed by atoms with Gasteiger partial charge in [0.25, 0.3) is 5.91 Å². The number of nitrogens with two attached hydrogens (primary N) is 1. The Morgan fingerprint density at radius 2 is 2.12 bits per heavy atom. The van der Waals surface area contributed by atoms with E-state index in [9.17, 15) is 9.18 Å². The summed E-state index contributed by atoms with van der Waals surface area (Å²) in [6, 6.07) is 6.53. The molecule has 1 saturated heterocycles. The molecule has 1 aromatic heterocycles. The van der Waals surface area contributed by atoms with Crippen molar-refractivity contribution in [1.29, 1.82) is 0 Å². The summed E-state index contributed by atoms with van der Waals surface area (Å²) in [6.45, 7) is 3.15. The van der Waals surface area contributed by atoms with Gasteiger partial charge in [0.2, 0.25) is 0 Å². The van der Waals surface area contributed by atoms with Gasteiger partial charge in [-0.1, -0.05) is 12.1 Å². The van der Waals surface area contributed by atoms with Crippen LogP contribution in [-0.4, -0.2) is 34.9 Å². The molecule has 128 valence electrons. The lowest BCUT2D eigenvalue weighted by Gasteiger charge is -2.34. The van der Waals surface area contributed by atoms with Gasteiger partial charge in [0.15, 0.2) is 0 Å². The SMILES string of the molecule is Cc1nc(Cc2ccc(F)cc2)sc1C(=O)N1CCCCC1CN. The van der Waals surface area contributed by atoms with Crippen LogP contribution in [0.5, 0.6) is 0 Å². The van der Waals surface area contributed by atoms with Crippen molar-refractivity contribution in [1.82, 2.24) is 9.88 Å². The molecule has 1 unspecified atom stereocenters. The van der Waals surface area contributed by atoms with Gasteiger partial charge >= 0.3 is 0 Å². The number of aromatic nitrogens is 1. The Hall–Kier alpha value is -1.79. The molecule has 0 spiro atoms. The highest BCUT2D eigenvalue weighted by atomic mass is 32.1. The molecule has 4 nitrogen and oxygen atoms in total. The van der Waals surface area contributed by atoms with E-state index < -0.39 is 0 Å². The molecule has 2 heterocycles. The first-order valence-electron chi connectivity index (χ1n) is 8.30. The van der Waals surface area contributed by atoms with E-state index in [0.29, 0.717) is 17.8 Å². The first kappa shape index (κ1) is 17.0. The lowest BCUT2D eigenvalue weighted by atomic mass is 10.0. The number of rotatable bonds is 4. The van der Waals surface area contributed by atoms with Gasteiger partial charge in [0.05, 0.1) is 10.7 Å². The lowest BCUT2D eigenvalue weighted by molar-refractivity contribution is 0.0627. The zero-order valence-corrected chi connectivity index (χ0v) is 14.6. The van der Waals surface area contributed by atoms with Crippen molar-refractivity contribution in [2.24, 2.45) is 5.73 Å². The molecule has 1 aliphatic rings. The molecule has 6 heteroatoms. The Morgan fingerprint density at radius 3 is 2.83 bits per heavy atom. The second-order valence-corrected chi connectivity index (χ2v) is 7.29. The van der Waals surface area contributed by atoms with Crippen LogP contribution in [0.1, 0.15) is 45.2 Å². The van der Waals surface area contributed by atoms with Gasteiger partial charge in [0.1, 0.15) is 10.7 Å². The number of hydrogen-bond acceptors (Lipinski definition) is 4. The zero-order valence-electron chi connectivity index (χ0n) is 13.8. The van der Waals surface area contributed by atoms with Crippen LogP contribution in [0.25, 0.3) is 0 Å². The molecule has 2 aromatic rings. The number of benzene rings is 1. The molecule has 1 fully saturated rings. The van der Waals surface area contributed by atoms with Crippen molar-refractivity contribution in [3.8, 4) is 0 Å². The van der Waals surface area contributed by atoms with Crippen LogP contribution < -0.4 is 5.73 Å². The summed E-state index contributed by atoms with van der Waals surface area (Å²) in [5.41, 5.74) is 7.59. The maximum Gasteiger partial charge on any atom is 0.266 e. The van der Waals surface area contributed by atoms with E-state index in [-0.39, 0.29) is 17.8 Å². The van der Waals surface area contributed by atoms with Gasteiger partial charge in [-0.3, -0.25) is 4.79 Å². The van der Waals surface area contributed by atoms with Crippen LogP contribution in [0, 0.1) is 12.7 Å². The number of likely N-dealkylation sites (tertiary alicyclic amines) is 1. The molecule has 0 saturated carbocycles. The van der Waals surface area contributed by atoms with Crippen LogP contribution in [0.15, 0.2) is 24.3 Å². The fourth-order valence-electron chi connectivity index (χ4n) is 3.15. The molecule has 0 aliphatic carbocycles. The third kappa shape index (κ3) is 3.65. The number of hydrogen-bond donors (Lipinski definition) is 1. The van der Waals surface area contributed by atoms with E-state index in [2.05, 4.69) is 4.98 Å². The first-order chi connectivity index (χ1) is 11.6. The van der Waals surface area contributed by atoms with Gasteiger partial charge in [-0.15, -0.1) is 11.3 Å². The largest absolute Gasteiger partial charge is 0.334 e. The fraction of sp³-hybridized carbons (Fsp3) is 0.444. The van der Waals surface area contributed by atoms with E-state index >= 15 is 0 Å². The second-order valence-electron chi connectivity index (χ2n) is 6.21. The highest BCUT2D eigenvalue weighted by Gasteiger charge is 2.29. The summed E-state index contributed by atoms with van der Waals surface area (Å²) in [6.07, 6.45) is 3.74. The Labute approximate surface area is 145 Å². The molecule has 2 N–H and O–H groups in total. The van der Waals surface area contributed by atoms with Crippen molar-refractivity contribution < 1.29 is 9.18 Å². The van der Waals surface area contributed by atoms with Gasteiger partial charge in [-0.05, 0) is 43.9 Å². The molecule has 1 atom stereocenters. The highest BCUT2D eigenvalue weighted by molar-refractivity contribution is 7.13. The molecule has 1 aliphatic heterocycles. The van der Waals surface area contributed by atoms with Crippen molar-refractivity contribution in [2.45, 2.75) is 38.6 Å². The van der Waals surface area contributed by atoms with Crippen LogP contribution in [0.3, 0.4) is 0 Å². The summed E-state index contributed by atoms with van der Waals surface area (Å²) in [7, 11) is 0. The topological polar surface area (TPSA) is 59.2 Å². The quantitative estimate of drug-likeness (QED) is 0.924. The molecule has 0 bridgehead atoms. The molecule has 3 rings (SSSR count). The number of aryl methyl sites for hydroxylation is 1. The van der Waals surface area contributed by atoms with Gasteiger partial charge in [0, 0.05) is 25.6 Å². The van der Waals surface area contributed by atoms with Gasteiger partial charge < -0.3 is 10.6 Å². The highest BCUT2D eigenvalue weighted by Crippen LogP contribution is 2.26. The molecular formula is C18H22FN3OS. The van der Waals surface area contributed by atoms with E-state index in [4.69, 9.17) is 5.73 Å². The third-order valence-electron chi connectivity index (χ3n) is 4.46. The predicted molar refractivity (Wildman–Crippen MR) is 93.8 cm³/mol. The Morgan fingerprint density at radius 1 is 1.38 bits per heavy atom. The Balaban J connectivity index is 1.77. The van der Waals surface area contributed by atoms with E-state index in [1.165, 1.54) is 23.5 Å². The first-order valence-corrected chi connectivity index (χ1v) is 9.12. The average Bonchev–Trinajstić information content (AvgIpc) is 2.96. The molecular weight excluding hydrogens is 325 g/mol. The summed E-state index contributed by atoms with van der Waals surface area (Å²) in [5, 5.41) is 0.878. The minimum atomic E-state index is -0.247. The van der Waals surface area contributed by atoms with E-state index in [1.54, 1.807) is 12.1 Å². The monoisotopic (exact) mass is 347 g/mol. The fourth-order valence-corrected chi connectivity index (χ4v) is 4.20. The minimum Gasteiger partial charge on any atom is -0.334 e. The summed E-state index contributed by atoms with van der Waals surface area (Å²) in [5.74, 6) is -0.201. The maximum atomic E-state index is 13.0. The predicted octanol–water partition coefficient (Wildman–Crippen LogP) is 3.13. The smallest absolute Gasteiger partial charge is 0.266 e. The minimum absolute atomic E-state index is 0.0468. The standard InChI is InChI=1S/C18H22FN3OS/c1-12-17(18(23)22-9-3-2-4-15(22)11-20)24-16(21-12)10-13-5-7-14(19)8-6-13/h5-8,15H,2-4,9-11,20H2,1H3. The normalized spacial score (nSPS) is 18.0. The summed E-state index contributed by atoms with van der Waals surface area (Å²) < 4.78 is 13.0. The molecule has 0 radical (unpaired) electrons. The van der Waals surface area contributed by atoms with Crippen molar-refractivity contribution >= 4 is 17.2 Å². The van der Waals surface area contributed by atoms with Gasteiger partial charge in [-0.25, -0.2) is 9.37 Å². The number of amides is 1. The Bertz CT molecular complexity index is 714. The zero-order chi connectivity index (χ0) is 17.1. The van der Waals surface area contributed by atoms with Crippen LogP contribution in [0.4, 0.5) is 4.39 Å². The van der Waals surface area contributed by atoms with Crippen molar-refractivity contribution in [2.75, 3.05) is 13.1 Å². The molecule has 24 heavy (non-hydrogen) atoms. The summed E-state index contributed by atoms with van der Waals surface area (Å²) >= 11 is 1.44. The summed E-state index contributed by atoms with van der Waals surface area (Å²) in [4.78, 5) is 20.0. The Kier molecular flexibility index (Phi) is 5.26. The third-order valence-corrected chi connectivity index (χ3v) is 5.61. The maximum absolute atomic E-state index is 13.0. The lowest BCUT2D eigenvalue weighted by Crippen LogP contribution is -2.47. The number of carbonyl (C=O) groups is 1. The van der Waals surface area contributed by atoms with E-state index in [1.807, 2.05) is 11.8 Å². The van der Waals surface area contributed by atoms with Crippen LogP contribution in [0.2, 0.25) is 0 Å². The number of thiazole rings is 1. The number of nitrogens with zero attached hydrogens (tertiary/aromatic N) is 2. The number of halogens is 1. The average molecular weight is 347 g/mol. The molecule has 1 aromatic carbocycles. The van der Waals surface area contributed by atoms with E-state index in [0.717, 1.165) is 42.1 Å². The second kappa shape index (κ2) is 7.40. The van der Waals surface area contributed by atoms with Gasteiger partial charge in [-0.2, -0.15) is 0 Å². The number of piperidine rings is 1. The molecule has 1 amide bonds. The van der Waals surface area contributed by atoms with Crippen LogP contribution in [-0.2, 0) is 6.42 Å². The van der Waals surface area contributed by atoms with Crippen molar-refractivity contribution in [3.63, 3.8) is 0 Å².